The molecular formula is C10H30O2. The van der Waals surface area contributed by atoms with Crippen molar-refractivity contribution in [2.75, 3.05) is 13.2 Å². The molecule has 0 aliphatic carbocycles. The lowest BCUT2D eigenvalue weighted by Gasteiger charge is -2.06. The van der Waals surface area contributed by atoms with Gasteiger partial charge in [-0.25, -0.2) is 0 Å². The van der Waals surface area contributed by atoms with E-state index in [9.17, 15) is 0 Å². The Morgan fingerprint density at radius 3 is 1.83 bits per heavy atom. The number of hydrogen-bond donors (Lipinski definition) is 1. The van der Waals surface area contributed by atoms with E-state index in [2.05, 4.69) is 0 Å². The first-order valence-electron chi connectivity index (χ1n) is 3.03. The minimum absolute atomic E-state index is 0. The zero-order valence-corrected chi connectivity index (χ0v) is 5.55. The summed E-state index contributed by atoms with van der Waals surface area (Å²) in [5.41, 5.74) is 0. The van der Waals surface area contributed by atoms with E-state index in [-0.39, 0.29) is 42.4 Å². The second-order valence-corrected chi connectivity index (χ2v) is 1.86. The van der Waals surface area contributed by atoms with Crippen molar-refractivity contribution in [3.63, 3.8) is 0 Å². The maximum absolute atomic E-state index is 8.44. The van der Waals surface area contributed by atoms with Gasteiger partial charge in [0.2, 0.25) is 0 Å². The first-order valence-corrected chi connectivity index (χ1v) is 3.03. The van der Waals surface area contributed by atoms with E-state index in [1.54, 1.807) is 0 Å². The molecule has 0 saturated heterocycles. The van der Waals surface area contributed by atoms with Gasteiger partial charge in [0, 0.05) is 6.61 Å². The van der Waals surface area contributed by atoms with Crippen LogP contribution in [-0.2, 0) is 4.74 Å². The Bertz CT molecular complexity index is 47.1. The van der Waals surface area contributed by atoms with Crippen molar-refractivity contribution in [1.29, 1.82) is 0 Å². The molecule has 1 atom stereocenters. The normalized spacial score (nSPS) is 9.25. The minimum Gasteiger partial charge on any atom is -0.394 e. The molecule has 2 heteroatoms. The molecule has 0 bridgehead atoms. The third-order valence-electron chi connectivity index (χ3n) is 0.864. The molecule has 0 aromatic rings. The Hall–Kier alpha value is -0.0800. The molecule has 0 aliphatic rings. The molecule has 0 saturated carbocycles. The summed E-state index contributed by atoms with van der Waals surface area (Å²) in [5.74, 6) is 0. The lowest BCUT2D eigenvalue weighted by Crippen LogP contribution is -2.12. The van der Waals surface area contributed by atoms with E-state index in [1.807, 2.05) is 13.8 Å². The van der Waals surface area contributed by atoms with Crippen LogP contribution in [0.15, 0.2) is 0 Å². The Labute approximate surface area is 80.0 Å². The fourth-order valence-electron chi connectivity index (χ4n) is 0.372. The van der Waals surface area contributed by atoms with Gasteiger partial charge < -0.3 is 9.84 Å². The molecule has 12 heavy (non-hydrogen) atoms. The third-order valence-corrected chi connectivity index (χ3v) is 0.864. The zero-order chi connectivity index (χ0) is 6.41. The van der Waals surface area contributed by atoms with Crippen LogP contribution in [0.5, 0.6) is 0 Å². The van der Waals surface area contributed by atoms with Crippen LogP contribution in [0.25, 0.3) is 0 Å². The molecule has 2 nitrogen and oxygen atoms in total. The second-order valence-electron chi connectivity index (χ2n) is 1.86. The smallest absolute Gasteiger partial charge is 0.0777 e. The van der Waals surface area contributed by atoms with E-state index >= 15 is 0 Å². The molecule has 1 N–H and O–H groups in total. The van der Waals surface area contributed by atoms with Gasteiger partial charge in [-0.3, -0.25) is 0 Å². The van der Waals surface area contributed by atoms with Gasteiger partial charge in [0.15, 0.2) is 0 Å². The van der Waals surface area contributed by atoms with Crippen LogP contribution >= 0.6 is 0 Å². The quantitative estimate of drug-likeness (QED) is 0.722. The summed E-state index contributed by atoms with van der Waals surface area (Å²) in [6.07, 6.45) is 1.03. The average Bonchev–Trinajstić information content (AvgIpc) is 1.83. The van der Waals surface area contributed by atoms with E-state index in [1.165, 1.54) is 0 Å². The molecular weight excluding hydrogens is 152 g/mol. The van der Waals surface area contributed by atoms with Gasteiger partial charge in [0.1, 0.15) is 0 Å². The molecule has 0 heterocycles. The van der Waals surface area contributed by atoms with E-state index in [4.69, 9.17) is 9.84 Å². The highest BCUT2D eigenvalue weighted by atomic mass is 16.5. The Balaban J connectivity index is -0.0000000408. The summed E-state index contributed by atoms with van der Waals surface area (Å²) in [6, 6.07) is 0. The molecule has 0 spiro atoms. The number of ether oxygens (including phenoxy) is 1. The Morgan fingerprint density at radius 1 is 1.17 bits per heavy atom. The number of hydrogen-bond acceptors (Lipinski definition) is 2. The lowest BCUT2D eigenvalue weighted by atomic mass is 10.4. The van der Waals surface area contributed by atoms with Gasteiger partial charge in [-0.1, -0.05) is 36.6 Å². The monoisotopic (exact) mass is 182 g/mol. The largest absolute Gasteiger partial charge is 0.394 e. The van der Waals surface area contributed by atoms with Crippen LogP contribution in [-0.4, -0.2) is 24.4 Å². The van der Waals surface area contributed by atoms with E-state index in [0.717, 1.165) is 13.0 Å². The maximum Gasteiger partial charge on any atom is 0.0777 e. The predicted octanol–water partition coefficient (Wildman–Crippen LogP) is 3.34. The Morgan fingerprint density at radius 2 is 1.58 bits per heavy atom. The van der Waals surface area contributed by atoms with Gasteiger partial charge in [-0.15, -0.1) is 0 Å². The molecule has 0 radical (unpaired) electrons. The highest BCUT2D eigenvalue weighted by molar-refractivity contribution is 4.42. The summed E-state index contributed by atoms with van der Waals surface area (Å²) in [4.78, 5) is 0. The summed E-state index contributed by atoms with van der Waals surface area (Å²) in [6.45, 7) is 4.78. The number of aliphatic hydroxyl groups is 1. The van der Waals surface area contributed by atoms with Crippen LogP contribution in [0.3, 0.4) is 0 Å². The van der Waals surface area contributed by atoms with Crippen molar-refractivity contribution in [3.8, 4) is 0 Å². The van der Waals surface area contributed by atoms with Crippen LogP contribution in [0, 0.1) is 0 Å². The number of aliphatic hydroxyl groups excluding tert-OH is 1. The molecule has 0 aromatic carbocycles. The predicted molar refractivity (Wildman–Crippen MR) is 59.7 cm³/mol. The van der Waals surface area contributed by atoms with Crippen LogP contribution in [0.4, 0.5) is 0 Å². The van der Waals surface area contributed by atoms with Crippen LogP contribution < -0.4 is 0 Å². The second kappa shape index (κ2) is 22.4. The topological polar surface area (TPSA) is 29.5 Å². The maximum atomic E-state index is 8.44. The molecule has 0 rings (SSSR count). The van der Waals surface area contributed by atoms with Gasteiger partial charge in [-0.2, -0.15) is 0 Å². The highest BCUT2D eigenvalue weighted by Crippen LogP contribution is 1.88. The van der Waals surface area contributed by atoms with Crippen molar-refractivity contribution in [2.24, 2.45) is 0 Å². The summed E-state index contributed by atoms with van der Waals surface area (Å²) in [7, 11) is 0. The van der Waals surface area contributed by atoms with Crippen LogP contribution in [0.2, 0.25) is 0 Å². The van der Waals surface area contributed by atoms with Crippen molar-refractivity contribution in [1.82, 2.24) is 0 Å². The summed E-state index contributed by atoms with van der Waals surface area (Å²) >= 11 is 0. The van der Waals surface area contributed by atoms with Gasteiger partial charge in [0.05, 0.1) is 12.7 Å². The number of rotatable bonds is 4. The minimum atomic E-state index is 0. The third kappa shape index (κ3) is 22.5. The SMILES string of the molecule is C.C.C.C.CCCOC(C)CO. The molecule has 1 unspecified atom stereocenters. The van der Waals surface area contributed by atoms with E-state index < -0.39 is 0 Å². The van der Waals surface area contributed by atoms with Gasteiger partial charge in [0.25, 0.3) is 0 Å². The summed E-state index contributed by atoms with van der Waals surface area (Å²) in [5, 5.41) is 8.44. The standard InChI is InChI=1S/C6H14O2.4CH4/c1-3-4-8-6(2)5-7;;;;/h6-7H,3-5H2,1-2H3;4*1H4. The van der Waals surface area contributed by atoms with E-state index in [0.29, 0.717) is 0 Å². The van der Waals surface area contributed by atoms with Crippen molar-refractivity contribution >= 4 is 0 Å². The lowest BCUT2D eigenvalue weighted by molar-refractivity contribution is 0.0254. The fraction of sp³-hybridized carbons (Fsp3) is 1.00. The Kier molecular flexibility index (Phi) is 55.5. The first kappa shape index (κ1) is 29.7. The summed E-state index contributed by atoms with van der Waals surface area (Å²) < 4.78 is 5.09. The highest BCUT2D eigenvalue weighted by Gasteiger charge is 1.95. The van der Waals surface area contributed by atoms with Crippen molar-refractivity contribution in [2.45, 2.75) is 56.1 Å². The molecule has 0 aromatic heterocycles. The van der Waals surface area contributed by atoms with Crippen molar-refractivity contribution in [3.05, 3.63) is 0 Å². The average molecular weight is 182 g/mol. The molecule has 0 amide bonds. The fourth-order valence-corrected chi connectivity index (χ4v) is 0.372. The molecule has 0 fully saturated rings. The zero-order valence-electron chi connectivity index (χ0n) is 5.55. The first-order chi connectivity index (χ1) is 3.81. The van der Waals surface area contributed by atoms with Gasteiger partial charge >= 0.3 is 0 Å². The molecule has 0 aliphatic heterocycles. The molecule has 82 valence electrons. The van der Waals surface area contributed by atoms with Crippen LogP contribution in [0.1, 0.15) is 50.0 Å². The van der Waals surface area contributed by atoms with Crippen molar-refractivity contribution < 1.29 is 9.84 Å². The van der Waals surface area contributed by atoms with Gasteiger partial charge in [-0.05, 0) is 13.3 Å².